The van der Waals surface area contributed by atoms with Gasteiger partial charge in [-0.2, -0.15) is 0 Å². The molecule has 1 saturated heterocycles. The van der Waals surface area contributed by atoms with Gasteiger partial charge in [0.1, 0.15) is 6.61 Å². The van der Waals surface area contributed by atoms with Gasteiger partial charge in [0.05, 0.1) is 6.54 Å². The number of carbonyl (C=O) groups is 1. The number of cyclic esters (lactones) is 1. The molecule has 1 aliphatic rings. The first-order chi connectivity index (χ1) is 2.89. The molecule has 0 saturated carbocycles. The SMILES string of the molecule is F.O=C1NCCO1. The van der Waals surface area contributed by atoms with Crippen LogP contribution in [-0.4, -0.2) is 19.2 Å². The summed E-state index contributed by atoms with van der Waals surface area (Å²) in [5, 5.41) is 2.46. The third-order valence-electron chi connectivity index (χ3n) is 0.605. The molecule has 1 N–H and O–H groups in total. The molecular weight excluding hydrogens is 101 g/mol. The minimum absolute atomic E-state index is 0. The number of alkyl carbamates (subject to hydrolysis) is 1. The molecule has 4 heteroatoms. The van der Waals surface area contributed by atoms with E-state index < -0.39 is 0 Å². The predicted octanol–water partition coefficient (Wildman–Crippen LogP) is -0.121. The van der Waals surface area contributed by atoms with Crippen molar-refractivity contribution in [3.8, 4) is 0 Å². The number of carbonyl (C=O) groups excluding carboxylic acids is 1. The van der Waals surface area contributed by atoms with Crippen LogP contribution in [0.3, 0.4) is 0 Å². The summed E-state index contributed by atoms with van der Waals surface area (Å²) in [4.78, 5) is 9.91. The number of rotatable bonds is 0. The highest BCUT2D eigenvalue weighted by molar-refractivity contribution is 5.68. The Bertz CT molecular complexity index is 67.3. The fraction of sp³-hybridized carbons (Fsp3) is 0.667. The van der Waals surface area contributed by atoms with E-state index in [-0.39, 0.29) is 10.8 Å². The molecule has 0 aromatic carbocycles. The highest BCUT2D eigenvalue weighted by atomic mass is 19.0. The van der Waals surface area contributed by atoms with Crippen molar-refractivity contribution in [2.24, 2.45) is 0 Å². The molecule has 1 rings (SSSR count). The van der Waals surface area contributed by atoms with Crippen LogP contribution in [0.15, 0.2) is 0 Å². The summed E-state index contributed by atoms with van der Waals surface area (Å²) in [6.45, 7) is 1.19. The summed E-state index contributed by atoms with van der Waals surface area (Å²) < 4.78 is 4.40. The lowest BCUT2D eigenvalue weighted by Gasteiger charge is -1.80. The van der Waals surface area contributed by atoms with Crippen molar-refractivity contribution in [1.29, 1.82) is 0 Å². The Kier molecular flexibility index (Phi) is 2.11. The molecular formula is C3H6FNO2. The molecule has 7 heavy (non-hydrogen) atoms. The van der Waals surface area contributed by atoms with E-state index in [0.29, 0.717) is 13.2 Å². The molecule has 0 radical (unpaired) electrons. The Morgan fingerprint density at radius 3 is 2.57 bits per heavy atom. The minimum atomic E-state index is -0.296. The molecule has 1 fully saturated rings. The van der Waals surface area contributed by atoms with Gasteiger partial charge in [-0.25, -0.2) is 4.79 Å². The first-order valence-corrected chi connectivity index (χ1v) is 1.80. The molecule has 0 unspecified atom stereocenters. The molecule has 42 valence electrons. The summed E-state index contributed by atoms with van der Waals surface area (Å²) in [5.41, 5.74) is 0. The van der Waals surface area contributed by atoms with Gasteiger partial charge in [0.25, 0.3) is 0 Å². The standard InChI is InChI=1S/C3H5NO2.FH/c5-3-4-1-2-6-3;/h1-2H2,(H,4,5);1H. The summed E-state index contributed by atoms with van der Waals surface area (Å²) in [5.74, 6) is 0. The van der Waals surface area contributed by atoms with Crippen molar-refractivity contribution in [2.75, 3.05) is 13.2 Å². The topological polar surface area (TPSA) is 38.3 Å². The summed E-state index contributed by atoms with van der Waals surface area (Å²) >= 11 is 0. The maximum absolute atomic E-state index is 9.91. The molecule has 0 aromatic heterocycles. The second kappa shape index (κ2) is 2.39. The van der Waals surface area contributed by atoms with Crippen LogP contribution in [0.5, 0.6) is 0 Å². The van der Waals surface area contributed by atoms with Gasteiger partial charge in [0, 0.05) is 0 Å². The van der Waals surface area contributed by atoms with Crippen LogP contribution in [-0.2, 0) is 4.74 Å². The number of nitrogens with one attached hydrogen (secondary N) is 1. The first kappa shape index (κ1) is 6.20. The van der Waals surface area contributed by atoms with Crippen LogP contribution >= 0.6 is 0 Å². The molecule has 1 amide bonds. The Labute approximate surface area is 40.0 Å². The third-order valence-corrected chi connectivity index (χ3v) is 0.605. The Morgan fingerprint density at radius 2 is 2.43 bits per heavy atom. The van der Waals surface area contributed by atoms with E-state index >= 15 is 0 Å². The lowest BCUT2D eigenvalue weighted by molar-refractivity contribution is 0.178. The zero-order chi connectivity index (χ0) is 4.41. The van der Waals surface area contributed by atoms with Crippen molar-refractivity contribution in [1.82, 2.24) is 5.32 Å². The second-order valence-corrected chi connectivity index (χ2v) is 1.06. The summed E-state index contributed by atoms with van der Waals surface area (Å²) in [7, 11) is 0. The van der Waals surface area contributed by atoms with E-state index in [1.54, 1.807) is 0 Å². The molecule has 1 aliphatic heterocycles. The monoisotopic (exact) mass is 107 g/mol. The quantitative estimate of drug-likeness (QED) is 0.468. The number of amides is 1. The van der Waals surface area contributed by atoms with Crippen LogP contribution in [0.4, 0.5) is 9.50 Å². The lowest BCUT2D eigenvalue weighted by atomic mass is 10.7. The minimum Gasteiger partial charge on any atom is -0.448 e. The molecule has 1 heterocycles. The molecule has 3 nitrogen and oxygen atoms in total. The average Bonchev–Trinajstić information content (AvgIpc) is 1.86. The van der Waals surface area contributed by atoms with Gasteiger partial charge in [0.2, 0.25) is 0 Å². The maximum Gasteiger partial charge on any atom is 0.407 e. The van der Waals surface area contributed by atoms with Crippen molar-refractivity contribution in [2.45, 2.75) is 0 Å². The normalized spacial score (nSPS) is 16.9. The van der Waals surface area contributed by atoms with Crippen LogP contribution in [0.25, 0.3) is 0 Å². The molecule has 0 aliphatic carbocycles. The zero-order valence-electron chi connectivity index (χ0n) is 3.64. The fourth-order valence-electron chi connectivity index (χ4n) is 0.348. The number of halogens is 1. The molecule has 0 bridgehead atoms. The van der Waals surface area contributed by atoms with E-state index in [2.05, 4.69) is 10.1 Å². The van der Waals surface area contributed by atoms with Gasteiger partial charge in [0.15, 0.2) is 0 Å². The zero-order valence-corrected chi connectivity index (χ0v) is 3.64. The lowest BCUT2D eigenvalue weighted by Crippen LogP contribution is -2.11. The van der Waals surface area contributed by atoms with E-state index in [1.807, 2.05) is 0 Å². The largest absolute Gasteiger partial charge is 0.448 e. The molecule has 0 atom stereocenters. The van der Waals surface area contributed by atoms with Crippen molar-refractivity contribution in [3.05, 3.63) is 0 Å². The molecule has 0 spiro atoms. The van der Waals surface area contributed by atoms with Crippen LogP contribution in [0.2, 0.25) is 0 Å². The highest BCUT2D eigenvalue weighted by Crippen LogP contribution is 1.82. The van der Waals surface area contributed by atoms with Crippen LogP contribution in [0.1, 0.15) is 0 Å². The summed E-state index contributed by atoms with van der Waals surface area (Å²) in [6, 6.07) is 0. The summed E-state index contributed by atoms with van der Waals surface area (Å²) in [6.07, 6.45) is -0.296. The maximum atomic E-state index is 9.91. The predicted molar refractivity (Wildman–Crippen MR) is 21.9 cm³/mol. The number of ether oxygens (including phenoxy) is 1. The van der Waals surface area contributed by atoms with Gasteiger partial charge in [-0.15, -0.1) is 0 Å². The van der Waals surface area contributed by atoms with E-state index in [1.165, 1.54) is 0 Å². The first-order valence-electron chi connectivity index (χ1n) is 1.80. The average molecular weight is 107 g/mol. The van der Waals surface area contributed by atoms with Gasteiger partial charge in [-0.3, -0.25) is 4.70 Å². The van der Waals surface area contributed by atoms with Crippen molar-refractivity contribution >= 4 is 6.09 Å². The van der Waals surface area contributed by atoms with E-state index in [4.69, 9.17) is 0 Å². The second-order valence-electron chi connectivity index (χ2n) is 1.06. The van der Waals surface area contributed by atoms with Gasteiger partial charge in [-0.1, -0.05) is 0 Å². The van der Waals surface area contributed by atoms with Crippen LogP contribution in [0, 0.1) is 0 Å². The Hall–Kier alpha value is -0.800. The smallest absolute Gasteiger partial charge is 0.407 e. The van der Waals surface area contributed by atoms with Crippen LogP contribution < -0.4 is 5.32 Å². The Morgan fingerprint density at radius 1 is 1.71 bits per heavy atom. The highest BCUT2D eigenvalue weighted by Gasteiger charge is 2.06. The van der Waals surface area contributed by atoms with Crippen molar-refractivity contribution in [3.63, 3.8) is 0 Å². The van der Waals surface area contributed by atoms with E-state index in [0.717, 1.165) is 0 Å². The third kappa shape index (κ3) is 1.39. The Balaban J connectivity index is 0.000000360. The van der Waals surface area contributed by atoms with Gasteiger partial charge >= 0.3 is 6.09 Å². The van der Waals surface area contributed by atoms with E-state index in [9.17, 15) is 4.79 Å². The van der Waals surface area contributed by atoms with Crippen molar-refractivity contribution < 1.29 is 14.2 Å². The fourth-order valence-corrected chi connectivity index (χ4v) is 0.348. The van der Waals surface area contributed by atoms with Gasteiger partial charge < -0.3 is 10.1 Å². The van der Waals surface area contributed by atoms with Gasteiger partial charge in [-0.05, 0) is 0 Å². The number of hydrogen-bond acceptors (Lipinski definition) is 2. The number of hydrogen-bond donors (Lipinski definition) is 1. The molecule has 0 aromatic rings.